The molecule has 190 valence electrons. The number of hydrogen-bond donors (Lipinski definition) is 2. The maximum atomic E-state index is 13.6. The van der Waals surface area contributed by atoms with Gasteiger partial charge in [0.15, 0.2) is 0 Å². The first-order valence-electron chi connectivity index (χ1n) is 12.2. The van der Waals surface area contributed by atoms with Crippen LogP contribution in [0.3, 0.4) is 0 Å². The first kappa shape index (κ1) is 25.1. The highest BCUT2D eigenvalue weighted by Crippen LogP contribution is 2.37. The van der Waals surface area contributed by atoms with E-state index >= 15 is 0 Å². The SMILES string of the molecule is CC(C)(O)C(Nc1nc(N2CCC(c3ccc(Cl)cc3)CC2)nc2c1[S@](=O)CC2)c1ccc(F)cc1. The number of fused-ring (bicyclic) bond motifs is 1. The second-order valence-corrected chi connectivity index (χ2v) is 12.0. The molecular formula is C27H30ClFN4O2S. The van der Waals surface area contributed by atoms with E-state index in [2.05, 4.69) is 22.3 Å². The molecule has 9 heteroatoms. The lowest BCUT2D eigenvalue weighted by molar-refractivity contribution is 0.0586. The molecule has 0 spiro atoms. The Labute approximate surface area is 218 Å². The first-order chi connectivity index (χ1) is 17.2. The summed E-state index contributed by atoms with van der Waals surface area (Å²) in [6.45, 7) is 4.99. The third-order valence-corrected chi connectivity index (χ3v) is 8.70. The molecule has 0 aliphatic carbocycles. The highest BCUT2D eigenvalue weighted by molar-refractivity contribution is 7.85. The minimum absolute atomic E-state index is 0.346. The van der Waals surface area contributed by atoms with Crippen LogP contribution in [0.1, 0.15) is 55.5 Å². The Morgan fingerprint density at radius 3 is 2.42 bits per heavy atom. The number of nitrogens with one attached hydrogen (secondary N) is 1. The van der Waals surface area contributed by atoms with Gasteiger partial charge < -0.3 is 15.3 Å². The number of benzene rings is 2. The normalized spacial score (nSPS) is 19.2. The lowest BCUT2D eigenvalue weighted by atomic mass is 9.89. The number of anilines is 2. The monoisotopic (exact) mass is 528 g/mol. The molecule has 2 atom stereocenters. The fourth-order valence-corrected chi connectivity index (χ4v) is 6.47. The molecule has 0 radical (unpaired) electrons. The summed E-state index contributed by atoms with van der Waals surface area (Å²) in [4.78, 5) is 12.4. The summed E-state index contributed by atoms with van der Waals surface area (Å²) < 4.78 is 26.4. The molecule has 1 aromatic heterocycles. The molecule has 1 unspecified atom stereocenters. The second kappa shape index (κ2) is 10.1. The first-order valence-corrected chi connectivity index (χ1v) is 13.9. The summed E-state index contributed by atoms with van der Waals surface area (Å²) in [6.07, 6.45) is 2.56. The van der Waals surface area contributed by atoms with Crippen LogP contribution in [0.25, 0.3) is 0 Å². The highest BCUT2D eigenvalue weighted by atomic mass is 35.5. The van der Waals surface area contributed by atoms with Crippen molar-refractivity contribution < 1.29 is 13.7 Å². The Balaban J connectivity index is 1.42. The number of nitrogens with zero attached hydrogens (tertiary/aromatic N) is 3. The molecule has 2 aromatic carbocycles. The Bertz CT molecular complexity index is 1260. The van der Waals surface area contributed by atoms with Crippen LogP contribution < -0.4 is 10.2 Å². The molecular weight excluding hydrogens is 499 g/mol. The number of hydrogen-bond acceptors (Lipinski definition) is 6. The van der Waals surface area contributed by atoms with Gasteiger partial charge in [0.05, 0.1) is 28.1 Å². The standard InChI is InChI=1S/C27H30ClFN4O2S/c1-27(2,34)24(19-5-9-21(29)10-6-19)31-25-23-22(13-16-36(23)35)30-26(32-25)33-14-11-18(12-15-33)17-3-7-20(28)8-4-17/h3-10,18,24,34H,11-16H2,1-2H3,(H,30,31,32)/t24?,36-/m1/s1. The van der Waals surface area contributed by atoms with Crippen LogP contribution in [0.4, 0.5) is 16.2 Å². The Morgan fingerprint density at radius 1 is 1.11 bits per heavy atom. The van der Waals surface area contributed by atoms with Gasteiger partial charge in [-0.2, -0.15) is 4.98 Å². The molecule has 1 saturated heterocycles. The summed E-state index contributed by atoms with van der Waals surface area (Å²) >= 11 is 6.05. The predicted molar refractivity (Wildman–Crippen MR) is 142 cm³/mol. The predicted octanol–water partition coefficient (Wildman–Crippen LogP) is 5.24. The van der Waals surface area contributed by atoms with Crippen molar-refractivity contribution in [2.75, 3.05) is 29.1 Å². The van der Waals surface area contributed by atoms with E-state index in [4.69, 9.17) is 21.6 Å². The van der Waals surface area contributed by atoms with Gasteiger partial charge in [0.1, 0.15) is 16.5 Å². The molecule has 2 aliphatic heterocycles. The van der Waals surface area contributed by atoms with Crippen molar-refractivity contribution in [3.05, 3.63) is 76.2 Å². The van der Waals surface area contributed by atoms with Crippen LogP contribution in [0.2, 0.25) is 5.02 Å². The molecule has 1 fully saturated rings. The Hall–Kier alpha value is -2.55. The van der Waals surface area contributed by atoms with Gasteiger partial charge in [-0.1, -0.05) is 35.9 Å². The summed E-state index contributed by atoms with van der Waals surface area (Å²) in [5.74, 6) is 1.70. The molecule has 0 bridgehead atoms. The van der Waals surface area contributed by atoms with Gasteiger partial charge in [0.2, 0.25) is 5.95 Å². The summed E-state index contributed by atoms with van der Waals surface area (Å²) in [7, 11) is -1.22. The van der Waals surface area contributed by atoms with Crippen molar-refractivity contribution in [3.8, 4) is 0 Å². The fourth-order valence-electron chi connectivity index (χ4n) is 5.03. The third kappa shape index (κ3) is 5.26. The van der Waals surface area contributed by atoms with Crippen LogP contribution in [-0.2, 0) is 17.2 Å². The van der Waals surface area contributed by atoms with Gasteiger partial charge in [0.25, 0.3) is 0 Å². The van der Waals surface area contributed by atoms with E-state index in [-0.39, 0.29) is 5.82 Å². The molecule has 3 heterocycles. The number of halogens is 2. The van der Waals surface area contributed by atoms with Crippen molar-refractivity contribution in [1.29, 1.82) is 0 Å². The van der Waals surface area contributed by atoms with Crippen molar-refractivity contribution in [2.45, 2.75) is 55.6 Å². The number of rotatable bonds is 6. The molecule has 2 N–H and O–H groups in total. The highest BCUT2D eigenvalue weighted by Gasteiger charge is 2.34. The molecule has 5 rings (SSSR count). The third-order valence-electron chi connectivity index (χ3n) is 6.99. The second-order valence-electron chi connectivity index (χ2n) is 10.0. The van der Waals surface area contributed by atoms with E-state index < -0.39 is 22.4 Å². The molecule has 6 nitrogen and oxygen atoms in total. The zero-order valence-electron chi connectivity index (χ0n) is 20.4. The average molecular weight is 529 g/mol. The van der Waals surface area contributed by atoms with Gasteiger partial charge >= 0.3 is 0 Å². The van der Waals surface area contributed by atoms with E-state index in [1.54, 1.807) is 26.0 Å². The summed E-state index contributed by atoms with van der Waals surface area (Å²) in [5, 5.41) is 15.0. The Morgan fingerprint density at radius 2 is 1.78 bits per heavy atom. The fraction of sp³-hybridized carbons (Fsp3) is 0.407. The van der Waals surface area contributed by atoms with Gasteiger partial charge in [-0.15, -0.1) is 0 Å². The average Bonchev–Trinajstić information content (AvgIpc) is 3.24. The zero-order chi connectivity index (χ0) is 25.4. The van der Waals surface area contributed by atoms with Crippen LogP contribution in [-0.4, -0.2) is 43.7 Å². The zero-order valence-corrected chi connectivity index (χ0v) is 21.9. The number of aliphatic hydroxyl groups is 1. The number of aromatic nitrogens is 2. The lowest BCUT2D eigenvalue weighted by Gasteiger charge is -2.34. The van der Waals surface area contributed by atoms with Crippen LogP contribution >= 0.6 is 11.6 Å². The molecule has 0 amide bonds. The summed E-state index contributed by atoms with van der Waals surface area (Å²) in [5.41, 5.74) is 1.60. The van der Waals surface area contributed by atoms with E-state index in [0.29, 0.717) is 40.3 Å². The summed E-state index contributed by atoms with van der Waals surface area (Å²) in [6, 6.07) is 13.5. The van der Waals surface area contributed by atoms with Crippen molar-refractivity contribution in [3.63, 3.8) is 0 Å². The molecule has 2 aliphatic rings. The van der Waals surface area contributed by atoms with Gasteiger partial charge in [-0.05, 0) is 68.0 Å². The quantitative estimate of drug-likeness (QED) is 0.455. The lowest BCUT2D eigenvalue weighted by Crippen LogP contribution is -2.36. The van der Waals surface area contributed by atoms with E-state index in [1.807, 2.05) is 12.1 Å². The molecule has 36 heavy (non-hydrogen) atoms. The maximum Gasteiger partial charge on any atom is 0.227 e. The van der Waals surface area contributed by atoms with Crippen LogP contribution in [0.5, 0.6) is 0 Å². The molecule has 0 saturated carbocycles. The van der Waals surface area contributed by atoms with Crippen LogP contribution in [0, 0.1) is 5.82 Å². The maximum absolute atomic E-state index is 13.6. The minimum Gasteiger partial charge on any atom is -0.388 e. The van der Waals surface area contributed by atoms with Gasteiger partial charge in [-0.3, -0.25) is 4.21 Å². The minimum atomic E-state index is -1.22. The largest absolute Gasteiger partial charge is 0.388 e. The molecule has 3 aromatic rings. The number of piperidine rings is 1. The van der Waals surface area contributed by atoms with Crippen molar-refractivity contribution in [1.82, 2.24) is 9.97 Å². The van der Waals surface area contributed by atoms with Crippen LogP contribution in [0.15, 0.2) is 53.4 Å². The van der Waals surface area contributed by atoms with E-state index in [9.17, 15) is 13.7 Å². The van der Waals surface area contributed by atoms with E-state index in [1.165, 1.54) is 17.7 Å². The topological polar surface area (TPSA) is 78.3 Å². The smallest absolute Gasteiger partial charge is 0.227 e. The van der Waals surface area contributed by atoms with Crippen molar-refractivity contribution >= 4 is 34.2 Å². The van der Waals surface area contributed by atoms with E-state index in [0.717, 1.165) is 36.6 Å². The Kier molecular flexibility index (Phi) is 7.03. The van der Waals surface area contributed by atoms with Gasteiger partial charge in [-0.25, -0.2) is 9.37 Å². The van der Waals surface area contributed by atoms with Gasteiger partial charge in [0, 0.05) is 30.3 Å². The van der Waals surface area contributed by atoms with Crippen molar-refractivity contribution in [2.24, 2.45) is 0 Å². The number of aryl methyl sites for hydroxylation is 1.